The molecular formula is C9H13N3O. The molecule has 0 atom stereocenters. The predicted octanol–water partition coefficient (Wildman–Crippen LogP) is 1.16. The summed E-state index contributed by atoms with van der Waals surface area (Å²) in [7, 11) is 0. The van der Waals surface area contributed by atoms with Crippen LogP contribution in [0, 0.1) is 6.92 Å². The highest BCUT2D eigenvalue weighted by Gasteiger charge is 2.10. The first-order valence-electron chi connectivity index (χ1n) is 4.23. The van der Waals surface area contributed by atoms with Crippen molar-refractivity contribution in [3.05, 3.63) is 18.0 Å². The van der Waals surface area contributed by atoms with Gasteiger partial charge in [-0.25, -0.2) is 9.97 Å². The zero-order valence-electron chi connectivity index (χ0n) is 8.11. The van der Waals surface area contributed by atoms with Gasteiger partial charge in [0.05, 0.1) is 0 Å². The van der Waals surface area contributed by atoms with Crippen LogP contribution in [0.5, 0.6) is 0 Å². The molecule has 4 nitrogen and oxygen atoms in total. The number of amides is 1. The average molecular weight is 179 g/mol. The van der Waals surface area contributed by atoms with Crippen molar-refractivity contribution in [1.29, 1.82) is 0 Å². The van der Waals surface area contributed by atoms with Gasteiger partial charge in [0, 0.05) is 25.4 Å². The van der Waals surface area contributed by atoms with E-state index >= 15 is 0 Å². The van der Waals surface area contributed by atoms with E-state index in [1.807, 2.05) is 13.8 Å². The summed E-state index contributed by atoms with van der Waals surface area (Å²) in [6.07, 6.45) is 1.66. The number of anilines is 1. The Morgan fingerprint density at radius 2 is 2.31 bits per heavy atom. The lowest BCUT2D eigenvalue weighted by molar-refractivity contribution is -0.116. The van der Waals surface area contributed by atoms with Gasteiger partial charge < -0.3 is 0 Å². The van der Waals surface area contributed by atoms with Crippen LogP contribution in [0.3, 0.4) is 0 Å². The molecule has 1 amide bonds. The quantitative estimate of drug-likeness (QED) is 0.684. The second-order valence-corrected chi connectivity index (χ2v) is 2.76. The summed E-state index contributed by atoms with van der Waals surface area (Å²) in [6.45, 7) is 5.88. The Morgan fingerprint density at radius 1 is 1.62 bits per heavy atom. The highest BCUT2D eigenvalue weighted by atomic mass is 16.2. The van der Waals surface area contributed by atoms with E-state index in [9.17, 15) is 4.79 Å². The maximum Gasteiger partial charge on any atom is 0.232 e. The maximum absolute atomic E-state index is 11.1. The van der Waals surface area contributed by atoms with Gasteiger partial charge in [-0.2, -0.15) is 0 Å². The Labute approximate surface area is 77.6 Å². The first kappa shape index (κ1) is 9.64. The molecule has 0 saturated carbocycles. The van der Waals surface area contributed by atoms with Crippen LogP contribution < -0.4 is 4.90 Å². The molecule has 1 aromatic heterocycles. The van der Waals surface area contributed by atoms with Crippen molar-refractivity contribution in [2.45, 2.75) is 20.8 Å². The number of aromatic nitrogens is 2. The molecule has 0 aliphatic heterocycles. The monoisotopic (exact) mass is 179 g/mol. The fraction of sp³-hybridized carbons (Fsp3) is 0.444. The highest BCUT2D eigenvalue weighted by Crippen LogP contribution is 2.06. The van der Waals surface area contributed by atoms with Crippen molar-refractivity contribution < 1.29 is 4.79 Å². The number of hydrogen-bond acceptors (Lipinski definition) is 3. The van der Waals surface area contributed by atoms with Gasteiger partial charge >= 0.3 is 0 Å². The minimum absolute atomic E-state index is 0.0342. The van der Waals surface area contributed by atoms with Crippen LogP contribution in [0.25, 0.3) is 0 Å². The first-order valence-corrected chi connectivity index (χ1v) is 4.23. The molecule has 0 aromatic carbocycles. The van der Waals surface area contributed by atoms with Crippen LogP contribution in [0.15, 0.2) is 12.3 Å². The van der Waals surface area contributed by atoms with Crippen LogP contribution in [-0.2, 0) is 4.79 Å². The van der Waals surface area contributed by atoms with Crippen molar-refractivity contribution in [2.75, 3.05) is 11.4 Å². The SMILES string of the molecule is CCN(C(C)=O)c1nccc(C)n1. The molecule has 70 valence electrons. The predicted molar refractivity (Wildman–Crippen MR) is 50.5 cm³/mol. The molecule has 1 rings (SSSR count). The molecule has 0 unspecified atom stereocenters. The topological polar surface area (TPSA) is 46.1 Å². The van der Waals surface area contributed by atoms with Crippen LogP contribution in [-0.4, -0.2) is 22.4 Å². The first-order chi connectivity index (χ1) is 6.15. The Kier molecular flexibility index (Phi) is 2.95. The summed E-state index contributed by atoms with van der Waals surface area (Å²) in [5.41, 5.74) is 0.865. The van der Waals surface area contributed by atoms with Gasteiger partial charge in [0.1, 0.15) is 0 Å². The number of hydrogen-bond donors (Lipinski definition) is 0. The van der Waals surface area contributed by atoms with E-state index in [1.54, 1.807) is 12.3 Å². The van der Waals surface area contributed by atoms with E-state index in [0.29, 0.717) is 12.5 Å². The minimum Gasteiger partial charge on any atom is -0.281 e. The van der Waals surface area contributed by atoms with Gasteiger partial charge in [-0.05, 0) is 19.9 Å². The molecule has 13 heavy (non-hydrogen) atoms. The van der Waals surface area contributed by atoms with Crippen molar-refractivity contribution >= 4 is 11.9 Å². The normalized spacial score (nSPS) is 9.77. The summed E-state index contributed by atoms with van der Waals surface area (Å²) in [5.74, 6) is 0.447. The standard InChI is InChI=1S/C9H13N3O/c1-4-12(8(3)13)9-10-6-5-7(2)11-9/h5-6H,4H2,1-3H3. The summed E-state index contributed by atoms with van der Waals surface area (Å²) >= 11 is 0. The molecule has 0 spiro atoms. The Morgan fingerprint density at radius 3 is 2.77 bits per heavy atom. The Bertz CT molecular complexity index is 311. The fourth-order valence-corrected chi connectivity index (χ4v) is 1.07. The maximum atomic E-state index is 11.1. The van der Waals surface area contributed by atoms with Gasteiger partial charge in [-0.1, -0.05) is 0 Å². The van der Waals surface area contributed by atoms with E-state index in [0.717, 1.165) is 5.69 Å². The molecule has 1 heterocycles. The lowest BCUT2D eigenvalue weighted by atomic mass is 10.4. The summed E-state index contributed by atoms with van der Waals surface area (Å²) in [5, 5.41) is 0. The molecule has 0 bridgehead atoms. The van der Waals surface area contributed by atoms with Crippen molar-refractivity contribution in [3.8, 4) is 0 Å². The van der Waals surface area contributed by atoms with E-state index < -0.39 is 0 Å². The second kappa shape index (κ2) is 3.98. The number of nitrogens with zero attached hydrogens (tertiary/aromatic N) is 3. The van der Waals surface area contributed by atoms with Crippen LogP contribution >= 0.6 is 0 Å². The van der Waals surface area contributed by atoms with Crippen LogP contribution in [0.2, 0.25) is 0 Å². The van der Waals surface area contributed by atoms with Gasteiger partial charge in [-0.3, -0.25) is 9.69 Å². The molecule has 0 saturated heterocycles. The molecular weight excluding hydrogens is 166 g/mol. The Hall–Kier alpha value is -1.45. The van der Waals surface area contributed by atoms with Gasteiger partial charge in [-0.15, -0.1) is 0 Å². The molecule has 1 aromatic rings. The third-order valence-corrected chi connectivity index (χ3v) is 1.72. The number of rotatable bonds is 2. The highest BCUT2D eigenvalue weighted by molar-refractivity contribution is 5.89. The van der Waals surface area contributed by atoms with Crippen LogP contribution in [0.1, 0.15) is 19.5 Å². The van der Waals surface area contributed by atoms with Gasteiger partial charge in [0.15, 0.2) is 0 Å². The molecule has 0 N–H and O–H groups in total. The molecule has 0 fully saturated rings. The third-order valence-electron chi connectivity index (χ3n) is 1.72. The third kappa shape index (κ3) is 2.24. The summed E-state index contributed by atoms with van der Waals surface area (Å²) < 4.78 is 0. The van der Waals surface area contributed by atoms with E-state index in [1.165, 1.54) is 11.8 Å². The number of carbonyl (C=O) groups is 1. The zero-order chi connectivity index (χ0) is 9.84. The molecule has 4 heteroatoms. The molecule has 0 aliphatic carbocycles. The largest absolute Gasteiger partial charge is 0.281 e. The van der Waals surface area contributed by atoms with E-state index in [-0.39, 0.29) is 5.91 Å². The van der Waals surface area contributed by atoms with Crippen molar-refractivity contribution in [3.63, 3.8) is 0 Å². The smallest absolute Gasteiger partial charge is 0.232 e. The minimum atomic E-state index is -0.0342. The summed E-state index contributed by atoms with van der Waals surface area (Å²) in [6, 6.07) is 1.80. The van der Waals surface area contributed by atoms with Crippen LogP contribution in [0.4, 0.5) is 5.95 Å². The van der Waals surface area contributed by atoms with Crippen molar-refractivity contribution in [1.82, 2.24) is 9.97 Å². The zero-order valence-corrected chi connectivity index (χ0v) is 8.11. The molecule has 0 aliphatic rings. The average Bonchev–Trinajstić information content (AvgIpc) is 2.04. The van der Waals surface area contributed by atoms with E-state index in [2.05, 4.69) is 9.97 Å². The van der Waals surface area contributed by atoms with Gasteiger partial charge in [0.25, 0.3) is 0 Å². The number of aryl methyl sites for hydroxylation is 1. The van der Waals surface area contributed by atoms with Crippen molar-refractivity contribution in [2.24, 2.45) is 0 Å². The lowest BCUT2D eigenvalue weighted by Gasteiger charge is -2.16. The van der Waals surface area contributed by atoms with E-state index in [4.69, 9.17) is 0 Å². The second-order valence-electron chi connectivity index (χ2n) is 2.76. The summed E-state index contributed by atoms with van der Waals surface area (Å²) in [4.78, 5) is 20.9. The Balaban J connectivity index is 2.98. The van der Waals surface area contributed by atoms with Gasteiger partial charge in [0.2, 0.25) is 11.9 Å². The molecule has 0 radical (unpaired) electrons. The number of carbonyl (C=O) groups excluding carboxylic acids is 1. The fourth-order valence-electron chi connectivity index (χ4n) is 1.07. The lowest BCUT2D eigenvalue weighted by Crippen LogP contribution is -2.29.